The standard InChI is InChI=1S/C22H18N4O2/c1-28-21-11-16(7-8-24-21)19-13-26-22-18(19)10-17(12-25-22)15-4-2-3-14(9-15)5-6-20(23)27/h2-13H,1H3,(H2,23,27)(H,25,26)/b6-5+. The van der Waals surface area contributed by atoms with Crippen LogP contribution < -0.4 is 10.5 Å². The highest BCUT2D eigenvalue weighted by molar-refractivity contribution is 5.96. The third kappa shape index (κ3) is 3.48. The lowest BCUT2D eigenvalue weighted by Gasteiger charge is -2.05. The molecule has 0 fully saturated rings. The first-order chi connectivity index (χ1) is 13.6. The number of carbonyl (C=O) groups excluding carboxylic acids is 1. The van der Waals surface area contributed by atoms with Crippen LogP contribution in [-0.2, 0) is 4.79 Å². The zero-order valence-electron chi connectivity index (χ0n) is 15.2. The van der Waals surface area contributed by atoms with E-state index in [4.69, 9.17) is 10.5 Å². The number of primary amides is 1. The summed E-state index contributed by atoms with van der Waals surface area (Å²) in [6, 6.07) is 13.8. The number of aromatic nitrogens is 3. The fourth-order valence-corrected chi connectivity index (χ4v) is 3.09. The zero-order chi connectivity index (χ0) is 19.5. The number of benzene rings is 1. The molecule has 6 nitrogen and oxygen atoms in total. The normalized spacial score (nSPS) is 11.2. The Morgan fingerprint density at radius 2 is 2.00 bits per heavy atom. The van der Waals surface area contributed by atoms with Crippen LogP contribution in [0.25, 0.3) is 39.4 Å². The number of amides is 1. The Morgan fingerprint density at radius 3 is 2.82 bits per heavy atom. The van der Waals surface area contributed by atoms with Gasteiger partial charge in [0, 0.05) is 47.2 Å². The van der Waals surface area contributed by atoms with Crippen molar-refractivity contribution < 1.29 is 9.53 Å². The lowest BCUT2D eigenvalue weighted by Crippen LogP contribution is -2.05. The zero-order valence-corrected chi connectivity index (χ0v) is 15.2. The average molecular weight is 370 g/mol. The molecule has 138 valence electrons. The van der Waals surface area contributed by atoms with Crippen LogP contribution in [0.2, 0.25) is 0 Å². The first-order valence-corrected chi connectivity index (χ1v) is 8.69. The molecule has 3 aromatic heterocycles. The molecule has 0 saturated heterocycles. The molecule has 0 radical (unpaired) electrons. The molecule has 3 N–H and O–H groups in total. The summed E-state index contributed by atoms with van der Waals surface area (Å²) in [5, 5.41) is 1.00. The molecule has 4 rings (SSSR count). The maximum atomic E-state index is 11.0. The number of H-pyrrole nitrogens is 1. The van der Waals surface area contributed by atoms with E-state index in [1.165, 1.54) is 6.08 Å². The Hall–Kier alpha value is -3.93. The van der Waals surface area contributed by atoms with Crippen molar-refractivity contribution in [2.45, 2.75) is 0 Å². The largest absolute Gasteiger partial charge is 0.481 e. The number of ether oxygens (including phenoxy) is 1. The van der Waals surface area contributed by atoms with Gasteiger partial charge in [0.25, 0.3) is 0 Å². The second-order valence-electron chi connectivity index (χ2n) is 6.27. The minimum atomic E-state index is -0.474. The number of pyridine rings is 2. The highest BCUT2D eigenvalue weighted by Crippen LogP contribution is 2.32. The van der Waals surface area contributed by atoms with Crippen LogP contribution in [0.15, 0.2) is 67.1 Å². The molecule has 0 spiro atoms. The molecule has 1 aromatic carbocycles. The number of carbonyl (C=O) groups is 1. The Bertz CT molecular complexity index is 1190. The van der Waals surface area contributed by atoms with Gasteiger partial charge in [-0.2, -0.15) is 0 Å². The summed E-state index contributed by atoms with van der Waals surface area (Å²) in [7, 11) is 1.60. The van der Waals surface area contributed by atoms with E-state index >= 15 is 0 Å². The van der Waals surface area contributed by atoms with Gasteiger partial charge < -0.3 is 15.5 Å². The predicted octanol–water partition coefficient (Wildman–Crippen LogP) is 3.80. The van der Waals surface area contributed by atoms with Crippen molar-refractivity contribution in [1.29, 1.82) is 0 Å². The highest BCUT2D eigenvalue weighted by atomic mass is 16.5. The smallest absolute Gasteiger partial charge is 0.241 e. The molecular weight excluding hydrogens is 352 g/mol. The summed E-state index contributed by atoms with van der Waals surface area (Å²) in [6.45, 7) is 0. The van der Waals surface area contributed by atoms with Crippen LogP contribution >= 0.6 is 0 Å². The predicted molar refractivity (Wildman–Crippen MR) is 110 cm³/mol. The fourth-order valence-electron chi connectivity index (χ4n) is 3.09. The molecule has 0 bridgehead atoms. The maximum absolute atomic E-state index is 11.0. The van der Waals surface area contributed by atoms with E-state index in [2.05, 4.69) is 21.0 Å². The van der Waals surface area contributed by atoms with E-state index in [0.717, 1.165) is 38.9 Å². The number of fused-ring (bicyclic) bond motifs is 1. The summed E-state index contributed by atoms with van der Waals surface area (Å²) < 4.78 is 5.23. The van der Waals surface area contributed by atoms with Crippen LogP contribution in [0.3, 0.4) is 0 Å². The molecule has 28 heavy (non-hydrogen) atoms. The molecule has 4 aromatic rings. The Morgan fingerprint density at radius 1 is 1.11 bits per heavy atom. The molecular formula is C22H18N4O2. The van der Waals surface area contributed by atoms with E-state index < -0.39 is 5.91 Å². The number of hydrogen-bond acceptors (Lipinski definition) is 4. The van der Waals surface area contributed by atoms with Gasteiger partial charge in [0.15, 0.2) is 0 Å². The van der Waals surface area contributed by atoms with Gasteiger partial charge in [0.05, 0.1) is 7.11 Å². The van der Waals surface area contributed by atoms with Crippen LogP contribution in [0.4, 0.5) is 0 Å². The lowest BCUT2D eigenvalue weighted by molar-refractivity contribution is -0.113. The van der Waals surface area contributed by atoms with Gasteiger partial charge in [-0.1, -0.05) is 18.2 Å². The van der Waals surface area contributed by atoms with E-state index in [1.54, 1.807) is 19.4 Å². The fraction of sp³-hybridized carbons (Fsp3) is 0.0455. The summed E-state index contributed by atoms with van der Waals surface area (Å²) in [5.74, 6) is 0.0862. The summed E-state index contributed by atoms with van der Waals surface area (Å²) in [4.78, 5) is 22.9. The molecule has 3 heterocycles. The molecule has 0 aliphatic heterocycles. The molecule has 0 atom stereocenters. The van der Waals surface area contributed by atoms with Gasteiger partial charge in [-0.25, -0.2) is 9.97 Å². The maximum Gasteiger partial charge on any atom is 0.241 e. The quantitative estimate of drug-likeness (QED) is 0.523. The van der Waals surface area contributed by atoms with Crippen molar-refractivity contribution >= 4 is 23.0 Å². The Kier molecular flexibility index (Phi) is 4.60. The van der Waals surface area contributed by atoms with Gasteiger partial charge in [-0.3, -0.25) is 4.79 Å². The van der Waals surface area contributed by atoms with E-state index in [1.807, 2.05) is 48.8 Å². The number of nitrogens with one attached hydrogen (secondary N) is 1. The molecule has 0 aliphatic rings. The van der Waals surface area contributed by atoms with Gasteiger partial charge in [-0.15, -0.1) is 0 Å². The summed E-state index contributed by atoms with van der Waals surface area (Å²) in [6.07, 6.45) is 8.53. The van der Waals surface area contributed by atoms with E-state index in [9.17, 15) is 4.79 Å². The van der Waals surface area contributed by atoms with E-state index in [-0.39, 0.29) is 0 Å². The molecule has 0 saturated carbocycles. The van der Waals surface area contributed by atoms with Crippen LogP contribution in [0.1, 0.15) is 5.56 Å². The number of rotatable bonds is 5. The van der Waals surface area contributed by atoms with Gasteiger partial charge >= 0.3 is 0 Å². The van der Waals surface area contributed by atoms with Crippen LogP contribution in [0.5, 0.6) is 5.88 Å². The first kappa shape index (κ1) is 17.5. The number of aromatic amines is 1. The topological polar surface area (TPSA) is 93.9 Å². The van der Waals surface area contributed by atoms with Gasteiger partial charge in [0.1, 0.15) is 5.65 Å². The minimum absolute atomic E-state index is 0.474. The molecule has 0 unspecified atom stereocenters. The average Bonchev–Trinajstić information content (AvgIpc) is 3.16. The van der Waals surface area contributed by atoms with Crippen molar-refractivity contribution in [2.75, 3.05) is 7.11 Å². The van der Waals surface area contributed by atoms with Crippen molar-refractivity contribution in [3.05, 3.63) is 72.7 Å². The molecule has 0 aliphatic carbocycles. The van der Waals surface area contributed by atoms with Crippen molar-refractivity contribution in [3.63, 3.8) is 0 Å². The lowest BCUT2D eigenvalue weighted by atomic mass is 10.0. The Balaban J connectivity index is 1.78. The third-order valence-electron chi connectivity index (χ3n) is 4.45. The van der Waals surface area contributed by atoms with Crippen LogP contribution in [-0.4, -0.2) is 28.0 Å². The van der Waals surface area contributed by atoms with Crippen molar-refractivity contribution in [3.8, 4) is 28.1 Å². The minimum Gasteiger partial charge on any atom is -0.481 e. The monoisotopic (exact) mass is 370 g/mol. The van der Waals surface area contributed by atoms with Crippen LogP contribution in [0, 0.1) is 0 Å². The number of hydrogen-bond donors (Lipinski definition) is 2. The van der Waals surface area contributed by atoms with E-state index in [0.29, 0.717) is 5.88 Å². The third-order valence-corrected chi connectivity index (χ3v) is 4.45. The van der Waals surface area contributed by atoms with Crippen molar-refractivity contribution in [1.82, 2.24) is 15.0 Å². The first-order valence-electron chi connectivity index (χ1n) is 8.69. The van der Waals surface area contributed by atoms with Crippen molar-refractivity contribution in [2.24, 2.45) is 5.73 Å². The highest BCUT2D eigenvalue weighted by Gasteiger charge is 2.10. The van der Waals surface area contributed by atoms with Gasteiger partial charge in [-0.05, 0) is 41.0 Å². The second-order valence-corrected chi connectivity index (χ2v) is 6.27. The molecule has 1 amide bonds. The number of methoxy groups -OCH3 is 1. The molecule has 6 heteroatoms. The number of nitrogens with two attached hydrogens (primary N) is 1. The number of nitrogens with zero attached hydrogens (tertiary/aromatic N) is 2. The SMILES string of the molecule is COc1cc(-c2c[nH]c3ncc(-c4cccc(/C=C/C(N)=O)c4)cc23)ccn1. The Labute approximate surface area is 161 Å². The van der Waals surface area contributed by atoms with Gasteiger partial charge in [0.2, 0.25) is 11.8 Å². The summed E-state index contributed by atoms with van der Waals surface area (Å²) >= 11 is 0. The summed E-state index contributed by atoms with van der Waals surface area (Å²) in [5.41, 5.74) is 10.9. The second kappa shape index (κ2) is 7.36.